The second-order valence-corrected chi connectivity index (χ2v) is 10.1. The average molecular weight is 459 g/mol. The molecule has 0 bridgehead atoms. The Labute approximate surface area is 189 Å². The van der Waals surface area contributed by atoms with Gasteiger partial charge in [0.05, 0.1) is 10.5 Å². The lowest BCUT2D eigenvalue weighted by atomic mass is 10.1. The number of nitrogens with one attached hydrogen (secondary N) is 1. The number of piperidine rings is 1. The van der Waals surface area contributed by atoms with E-state index in [0.717, 1.165) is 30.4 Å². The lowest BCUT2D eigenvalue weighted by Crippen LogP contribution is -2.41. The normalized spacial score (nSPS) is 18.0. The number of sulfonamides is 1. The summed E-state index contributed by atoms with van der Waals surface area (Å²) in [5.41, 5.74) is 2.27. The molecule has 0 aliphatic carbocycles. The number of carbonyl (C=O) groups excluding carboxylic acids is 2. The molecule has 2 aromatic rings. The molecule has 1 fully saturated rings. The smallest absolute Gasteiger partial charge is 0.338 e. The van der Waals surface area contributed by atoms with Crippen LogP contribution < -0.4 is 5.32 Å². The number of aryl methyl sites for hydroxylation is 1. The first kappa shape index (κ1) is 23.9. The van der Waals surface area contributed by atoms with Crippen molar-refractivity contribution in [1.82, 2.24) is 9.62 Å². The molecule has 3 rings (SSSR count). The SMILES string of the molecule is Cc1ccc(CNC(=O)C(C)OC(=O)c2ccc(S(=O)(=O)N3CCCCC3C)cc2)cc1. The maximum atomic E-state index is 12.9. The summed E-state index contributed by atoms with van der Waals surface area (Å²) in [6, 6.07) is 13.4. The molecule has 32 heavy (non-hydrogen) atoms. The first-order chi connectivity index (χ1) is 15.2. The fraction of sp³-hybridized carbons (Fsp3) is 0.417. The van der Waals surface area contributed by atoms with Crippen LogP contribution in [0.15, 0.2) is 53.4 Å². The molecular weight excluding hydrogens is 428 g/mol. The van der Waals surface area contributed by atoms with Crippen LogP contribution in [0.4, 0.5) is 0 Å². The molecule has 1 saturated heterocycles. The fourth-order valence-corrected chi connectivity index (χ4v) is 5.35. The minimum atomic E-state index is -3.61. The third-order valence-corrected chi connectivity index (χ3v) is 7.71. The first-order valence-electron chi connectivity index (χ1n) is 10.8. The van der Waals surface area contributed by atoms with Gasteiger partial charge >= 0.3 is 5.97 Å². The van der Waals surface area contributed by atoms with Crippen LogP contribution in [0.5, 0.6) is 0 Å². The molecule has 8 heteroatoms. The number of hydrogen-bond donors (Lipinski definition) is 1. The largest absolute Gasteiger partial charge is 0.449 e. The molecule has 2 atom stereocenters. The molecule has 172 valence electrons. The molecular formula is C24H30N2O5S. The van der Waals surface area contributed by atoms with E-state index < -0.39 is 28.0 Å². The van der Waals surface area contributed by atoms with E-state index >= 15 is 0 Å². The van der Waals surface area contributed by atoms with Crippen molar-refractivity contribution in [3.05, 3.63) is 65.2 Å². The predicted octanol–water partition coefficient (Wildman–Crippen LogP) is 3.42. The van der Waals surface area contributed by atoms with E-state index in [9.17, 15) is 18.0 Å². The minimum absolute atomic E-state index is 0.0438. The van der Waals surface area contributed by atoms with Crippen molar-refractivity contribution in [2.45, 2.75) is 63.6 Å². The minimum Gasteiger partial charge on any atom is -0.449 e. The highest BCUT2D eigenvalue weighted by Gasteiger charge is 2.31. The van der Waals surface area contributed by atoms with E-state index in [1.807, 2.05) is 38.1 Å². The van der Waals surface area contributed by atoms with Gasteiger partial charge in [0.2, 0.25) is 10.0 Å². The summed E-state index contributed by atoms with van der Waals surface area (Å²) < 4.78 is 32.6. The number of nitrogens with zero attached hydrogens (tertiary/aromatic N) is 1. The van der Waals surface area contributed by atoms with Crippen molar-refractivity contribution in [1.29, 1.82) is 0 Å². The van der Waals surface area contributed by atoms with E-state index in [4.69, 9.17) is 4.74 Å². The Morgan fingerprint density at radius 3 is 2.38 bits per heavy atom. The van der Waals surface area contributed by atoms with Crippen LogP contribution in [0.3, 0.4) is 0 Å². The summed E-state index contributed by atoms with van der Waals surface area (Å²) in [5.74, 6) is -1.09. The third kappa shape index (κ3) is 5.75. The van der Waals surface area contributed by atoms with Gasteiger partial charge in [0, 0.05) is 19.1 Å². The molecule has 1 heterocycles. The van der Waals surface area contributed by atoms with Crippen LogP contribution in [0.25, 0.3) is 0 Å². The molecule has 1 N–H and O–H groups in total. The Balaban J connectivity index is 1.57. The predicted molar refractivity (Wildman–Crippen MR) is 122 cm³/mol. The molecule has 1 aliphatic heterocycles. The third-order valence-electron chi connectivity index (χ3n) is 5.68. The highest BCUT2D eigenvalue weighted by Crippen LogP contribution is 2.25. The molecule has 2 aromatic carbocycles. The summed E-state index contributed by atoms with van der Waals surface area (Å²) in [7, 11) is -3.61. The number of ether oxygens (including phenoxy) is 1. The van der Waals surface area contributed by atoms with Gasteiger partial charge in [-0.05, 0) is 63.4 Å². The second kappa shape index (κ2) is 10.3. The number of amides is 1. The average Bonchev–Trinajstić information content (AvgIpc) is 2.78. The van der Waals surface area contributed by atoms with E-state index in [0.29, 0.717) is 13.1 Å². The van der Waals surface area contributed by atoms with Gasteiger partial charge in [-0.25, -0.2) is 13.2 Å². The lowest BCUT2D eigenvalue weighted by molar-refractivity contribution is -0.129. The Kier molecular flexibility index (Phi) is 7.69. The number of rotatable bonds is 7. The Morgan fingerprint density at radius 1 is 1.09 bits per heavy atom. The maximum Gasteiger partial charge on any atom is 0.338 e. The number of benzene rings is 2. The number of hydrogen-bond acceptors (Lipinski definition) is 5. The van der Waals surface area contributed by atoms with Crippen LogP contribution in [-0.4, -0.2) is 43.3 Å². The van der Waals surface area contributed by atoms with Crippen molar-refractivity contribution in [3.8, 4) is 0 Å². The van der Waals surface area contributed by atoms with Crippen LogP contribution in [0.1, 0.15) is 54.6 Å². The van der Waals surface area contributed by atoms with Crippen LogP contribution in [-0.2, 0) is 26.1 Å². The topological polar surface area (TPSA) is 92.8 Å². The van der Waals surface area contributed by atoms with Crippen LogP contribution in [0.2, 0.25) is 0 Å². The van der Waals surface area contributed by atoms with Crippen molar-refractivity contribution < 1.29 is 22.7 Å². The summed E-state index contributed by atoms with van der Waals surface area (Å²) in [4.78, 5) is 24.8. The summed E-state index contributed by atoms with van der Waals surface area (Å²) >= 11 is 0. The zero-order valence-electron chi connectivity index (χ0n) is 18.7. The van der Waals surface area contributed by atoms with Gasteiger partial charge in [0.1, 0.15) is 0 Å². The maximum absolute atomic E-state index is 12.9. The van der Waals surface area contributed by atoms with Crippen molar-refractivity contribution in [2.75, 3.05) is 6.54 Å². The molecule has 0 aromatic heterocycles. The standard InChI is InChI=1S/C24H30N2O5S/c1-17-7-9-20(10-8-17)16-25-23(27)19(3)31-24(28)21-11-13-22(14-12-21)32(29,30)26-15-5-4-6-18(26)2/h7-14,18-19H,4-6,15-16H2,1-3H3,(H,25,27). The van der Waals surface area contributed by atoms with E-state index in [1.165, 1.54) is 35.5 Å². The van der Waals surface area contributed by atoms with Gasteiger partial charge in [-0.15, -0.1) is 0 Å². The van der Waals surface area contributed by atoms with Gasteiger partial charge in [-0.3, -0.25) is 4.79 Å². The summed E-state index contributed by atoms with van der Waals surface area (Å²) in [5, 5.41) is 2.74. The fourth-order valence-electron chi connectivity index (χ4n) is 3.65. The summed E-state index contributed by atoms with van der Waals surface area (Å²) in [6.45, 7) is 6.23. The molecule has 1 aliphatic rings. The molecule has 7 nitrogen and oxygen atoms in total. The molecule has 0 radical (unpaired) electrons. The van der Waals surface area contributed by atoms with Crippen LogP contribution in [0, 0.1) is 6.92 Å². The van der Waals surface area contributed by atoms with Crippen LogP contribution >= 0.6 is 0 Å². The highest BCUT2D eigenvalue weighted by atomic mass is 32.2. The number of esters is 1. The molecule has 0 saturated carbocycles. The Bertz CT molecular complexity index is 1050. The van der Waals surface area contributed by atoms with Gasteiger partial charge in [-0.1, -0.05) is 36.2 Å². The number of carbonyl (C=O) groups is 2. The van der Waals surface area contributed by atoms with Gasteiger partial charge in [0.25, 0.3) is 5.91 Å². The van der Waals surface area contributed by atoms with Gasteiger partial charge in [0.15, 0.2) is 6.10 Å². The quantitative estimate of drug-likeness (QED) is 0.642. The van der Waals surface area contributed by atoms with Crippen molar-refractivity contribution in [2.24, 2.45) is 0 Å². The summed E-state index contributed by atoms with van der Waals surface area (Å²) in [6.07, 6.45) is 1.73. The molecule has 1 amide bonds. The highest BCUT2D eigenvalue weighted by molar-refractivity contribution is 7.89. The van der Waals surface area contributed by atoms with E-state index in [2.05, 4.69) is 5.32 Å². The van der Waals surface area contributed by atoms with E-state index in [-0.39, 0.29) is 16.5 Å². The Morgan fingerprint density at radius 2 is 1.75 bits per heavy atom. The van der Waals surface area contributed by atoms with Gasteiger partial charge < -0.3 is 10.1 Å². The molecule has 0 spiro atoms. The monoisotopic (exact) mass is 458 g/mol. The zero-order chi connectivity index (χ0) is 23.3. The lowest BCUT2D eigenvalue weighted by Gasteiger charge is -2.32. The second-order valence-electron chi connectivity index (χ2n) is 8.24. The zero-order valence-corrected chi connectivity index (χ0v) is 19.5. The van der Waals surface area contributed by atoms with Crippen molar-refractivity contribution >= 4 is 21.9 Å². The first-order valence-corrected chi connectivity index (χ1v) is 12.3. The van der Waals surface area contributed by atoms with E-state index in [1.54, 1.807) is 0 Å². The van der Waals surface area contributed by atoms with Gasteiger partial charge in [-0.2, -0.15) is 4.31 Å². The van der Waals surface area contributed by atoms with Crippen molar-refractivity contribution in [3.63, 3.8) is 0 Å². The molecule has 2 unspecified atom stereocenters. The Hall–Kier alpha value is -2.71.